The second-order valence-electron chi connectivity index (χ2n) is 6.32. The van der Waals surface area contributed by atoms with E-state index in [0.717, 1.165) is 10.0 Å². The number of hydrogen-bond acceptors (Lipinski definition) is 4. The molecule has 3 rings (SSSR count). The summed E-state index contributed by atoms with van der Waals surface area (Å²) in [5, 5.41) is 3.44. The quantitative estimate of drug-likeness (QED) is 0.429. The first-order chi connectivity index (χ1) is 13.4. The molecular formula is C22H19BrN2O3. The third kappa shape index (κ3) is 4.78. The normalized spacial score (nSPS) is 11.4. The van der Waals surface area contributed by atoms with Crippen LogP contribution in [0.3, 0.4) is 0 Å². The summed E-state index contributed by atoms with van der Waals surface area (Å²) in [7, 11) is 3.63. The van der Waals surface area contributed by atoms with E-state index >= 15 is 0 Å². The molecule has 3 aromatic rings. The van der Waals surface area contributed by atoms with Gasteiger partial charge in [0.1, 0.15) is 5.58 Å². The van der Waals surface area contributed by atoms with E-state index in [1.54, 1.807) is 23.2 Å². The lowest BCUT2D eigenvalue weighted by Crippen LogP contribution is -2.10. The van der Waals surface area contributed by atoms with Crippen LogP contribution in [-0.2, 0) is 4.79 Å². The van der Waals surface area contributed by atoms with Gasteiger partial charge < -0.3 is 14.6 Å². The van der Waals surface area contributed by atoms with E-state index in [-0.39, 0.29) is 17.5 Å². The van der Waals surface area contributed by atoms with Crippen molar-refractivity contribution in [2.24, 2.45) is 0 Å². The van der Waals surface area contributed by atoms with Gasteiger partial charge in [-0.15, -0.1) is 0 Å². The molecule has 0 spiro atoms. The molecule has 0 saturated carbocycles. The largest absolute Gasteiger partial charge is 0.450 e. The van der Waals surface area contributed by atoms with Crippen molar-refractivity contribution < 1.29 is 14.0 Å². The Balaban J connectivity index is 1.94. The molecule has 5 nitrogen and oxygen atoms in total. The maximum absolute atomic E-state index is 12.6. The van der Waals surface area contributed by atoms with Crippen LogP contribution in [0.4, 0.5) is 5.69 Å². The third-order valence-corrected chi connectivity index (χ3v) is 4.37. The standard InChI is InChI=1S/C22H19BrN2O3/c1-25(2)13-12-18(26)22-21(17-14-16(23)9-10-19(17)28-22)24-20(27)11-8-15-6-4-3-5-7-15/h3-14H,1-2H3,(H,24,27)/b11-8+,13-12+. The summed E-state index contributed by atoms with van der Waals surface area (Å²) < 4.78 is 6.55. The molecule has 6 heteroatoms. The Kier molecular flexibility index (Phi) is 6.11. The average Bonchev–Trinajstić information content (AvgIpc) is 3.03. The first-order valence-electron chi connectivity index (χ1n) is 8.59. The minimum Gasteiger partial charge on any atom is -0.450 e. The zero-order valence-electron chi connectivity index (χ0n) is 15.5. The Labute approximate surface area is 171 Å². The fraction of sp³-hybridized carbons (Fsp3) is 0.0909. The van der Waals surface area contributed by atoms with Crippen LogP contribution in [0.5, 0.6) is 0 Å². The summed E-state index contributed by atoms with van der Waals surface area (Å²) in [6, 6.07) is 14.9. The van der Waals surface area contributed by atoms with E-state index in [1.165, 1.54) is 12.2 Å². The Morgan fingerprint density at radius 1 is 1.07 bits per heavy atom. The SMILES string of the molecule is CN(C)/C=C/C(=O)c1oc2ccc(Br)cc2c1NC(=O)/C=C/c1ccccc1. The van der Waals surface area contributed by atoms with Crippen LogP contribution in [0.15, 0.2) is 75.8 Å². The average molecular weight is 439 g/mol. The van der Waals surface area contributed by atoms with Gasteiger partial charge in [0.05, 0.1) is 5.69 Å². The Hall–Kier alpha value is -3.12. The highest BCUT2D eigenvalue weighted by molar-refractivity contribution is 9.10. The van der Waals surface area contributed by atoms with Crippen LogP contribution in [0.1, 0.15) is 16.1 Å². The maximum atomic E-state index is 12.6. The third-order valence-electron chi connectivity index (χ3n) is 3.87. The molecule has 142 valence electrons. The van der Waals surface area contributed by atoms with Gasteiger partial charge in [0.2, 0.25) is 11.7 Å². The molecule has 1 amide bonds. The number of carbonyl (C=O) groups excluding carboxylic acids is 2. The summed E-state index contributed by atoms with van der Waals surface area (Å²) in [4.78, 5) is 26.8. The molecular weight excluding hydrogens is 420 g/mol. The van der Waals surface area contributed by atoms with Crippen LogP contribution < -0.4 is 5.32 Å². The molecule has 0 radical (unpaired) electrons. The topological polar surface area (TPSA) is 62.6 Å². The van der Waals surface area contributed by atoms with E-state index in [9.17, 15) is 9.59 Å². The second-order valence-corrected chi connectivity index (χ2v) is 7.24. The van der Waals surface area contributed by atoms with Gasteiger partial charge in [0.25, 0.3) is 0 Å². The number of benzene rings is 2. The number of halogens is 1. The second kappa shape index (κ2) is 8.71. The molecule has 0 atom stereocenters. The van der Waals surface area contributed by atoms with Crippen LogP contribution >= 0.6 is 15.9 Å². The monoisotopic (exact) mass is 438 g/mol. The van der Waals surface area contributed by atoms with Crippen LogP contribution in [0, 0.1) is 0 Å². The van der Waals surface area contributed by atoms with Crippen LogP contribution in [-0.4, -0.2) is 30.7 Å². The fourth-order valence-corrected chi connectivity index (χ4v) is 2.92. The number of hydrogen-bond donors (Lipinski definition) is 1. The molecule has 28 heavy (non-hydrogen) atoms. The molecule has 0 aliphatic rings. The number of furan rings is 1. The molecule has 1 N–H and O–H groups in total. The lowest BCUT2D eigenvalue weighted by atomic mass is 10.1. The van der Waals surface area contributed by atoms with Gasteiger partial charge in [0, 0.05) is 42.3 Å². The zero-order chi connectivity index (χ0) is 20.1. The Bertz CT molecular complexity index is 1070. The van der Waals surface area contributed by atoms with Crippen molar-refractivity contribution in [3.05, 3.63) is 82.7 Å². The number of amides is 1. The lowest BCUT2D eigenvalue weighted by Gasteiger charge is -2.04. The molecule has 0 fully saturated rings. The molecule has 1 aromatic heterocycles. The van der Waals surface area contributed by atoms with Crippen molar-refractivity contribution in [1.29, 1.82) is 0 Å². The van der Waals surface area contributed by atoms with Crippen molar-refractivity contribution in [3.63, 3.8) is 0 Å². The Morgan fingerprint density at radius 2 is 1.82 bits per heavy atom. The minimum atomic E-state index is -0.350. The molecule has 0 aliphatic carbocycles. The van der Waals surface area contributed by atoms with Gasteiger partial charge in [-0.25, -0.2) is 0 Å². The minimum absolute atomic E-state index is 0.0904. The van der Waals surface area contributed by atoms with E-state index in [2.05, 4.69) is 21.2 Å². The highest BCUT2D eigenvalue weighted by Gasteiger charge is 2.20. The van der Waals surface area contributed by atoms with Crippen molar-refractivity contribution in [3.8, 4) is 0 Å². The molecule has 0 aliphatic heterocycles. The van der Waals surface area contributed by atoms with E-state index in [0.29, 0.717) is 16.7 Å². The maximum Gasteiger partial charge on any atom is 0.248 e. The highest BCUT2D eigenvalue weighted by atomic mass is 79.9. The highest BCUT2D eigenvalue weighted by Crippen LogP contribution is 2.33. The predicted molar refractivity (Wildman–Crippen MR) is 115 cm³/mol. The van der Waals surface area contributed by atoms with Gasteiger partial charge in [-0.05, 0) is 29.8 Å². The van der Waals surface area contributed by atoms with Gasteiger partial charge >= 0.3 is 0 Å². The Morgan fingerprint density at radius 3 is 2.54 bits per heavy atom. The number of rotatable bonds is 6. The number of fused-ring (bicyclic) bond motifs is 1. The summed E-state index contributed by atoms with van der Waals surface area (Å²) in [5.41, 5.74) is 1.78. The van der Waals surface area contributed by atoms with Crippen molar-refractivity contribution in [2.75, 3.05) is 19.4 Å². The number of nitrogens with one attached hydrogen (secondary N) is 1. The summed E-state index contributed by atoms with van der Waals surface area (Å²) in [6.07, 6.45) is 6.17. The first kappa shape index (κ1) is 19.6. The smallest absolute Gasteiger partial charge is 0.248 e. The zero-order valence-corrected chi connectivity index (χ0v) is 17.1. The first-order valence-corrected chi connectivity index (χ1v) is 9.38. The fourth-order valence-electron chi connectivity index (χ4n) is 2.56. The molecule has 0 unspecified atom stereocenters. The summed E-state index contributed by atoms with van der Waals surface area (Å²) in [5.74, 6) is -0.590. The van der Waals surface area contributed by atoms with Gasteiger partial charge in [0.15, 0.2) is 5.76 Å². The van der Waals surface area contributed by atoms with Crippen LogP contribution in [0.2, 0.25) is 0 Å². The predicted octanol–water partition coefficient (Wildman–Crippen LogP) is 5.11. The molecule has 0 bridgehead atoms. The van der Waals surface area contributed by atoms with Gasteiger partial charge in [-0.3, -0.25) is 9.59 Å². The van der Waals surface area contributed by atoms with Gasteiger partial charge in [-0.2, -0.15) is 0 Å². The van der Waals surface area contributed by atoms with E-state index in [1.807, 2.05) is 56.6 Å². The van der Waals surface area contributed by atoms with E-state index in [4.69, 9.17) is 4.42 Å². The van der Waals surface area contributed by atoms with Gasteiger partial charge in [-0.1, -0.05) is 46.3 Å². The summed E-state index contributed by atoms with van der Waals surface area (Å²) in [6.45, 7) is 0. The van der Waals surface area contributed by atoms with Crippen molar-refractivity contribution in [1.82, 2.24) is 4.90 Å². The molecule has 0 saturated heterocycles. The van der Waals surface area contributed by atoms with Crippen molar-refractivity contribution >= 4 is 50.4 Å². The summed E-state index contributed by atoms with van der Waals surface area (Å²) >= 11 is 3.42. The number of anilines is 1. The van der Waals surface area contributed by atoms with E-state index < -0.39 is 0 Å². The lowest BCUT2D eigenvalue weighted by molar-refractivity contribution is -0.111. The number of ketones is 1. The number of carbonyl (C=O) groups is 2. The molecule has 1 heterocycles. The van der Waals surface area contributed by atoms with Crippen LogP contribution in [0.25, 0.3) is 17.0 Å². The number of nitrogens with zero attached hydrogens (tertiary/aromatic N) is 1. The molecule has 2 aromatic carbocycles. The number of allylic oxidation sites excluding steroid dienone is 1. The van der Waals surface area contributed by atoms with Crippen molar-refractivity contribution in [2.45, 2.75) is 0 Å².